The summed E-state index contributed by atoms with van der Waals surface area (Å²) in [6.45, 7) is 1.98. The lowest BCUT2D eigenvalue weighted by molar-refractivity contribution is -0.140. The molecule has 0 aliphatic heterocycles. The van der Waals surface area contributed by atoms with E-state index in [0.29, 0.717) is 0 Å². The van der Waals surface area contributed by atoms with Gasteiger partial charge in [-0.1, -0.05) is 12.1 Å². The van der Waals surface area contributed by atoms with Crippen molar-refractivity contribution in [1.29, 1.82) is 0 Å². The Balaban J connectivity index is 0.00000156. The molecule has 1 unspecified atom stereocenters. The second-order valence-corrected chi connectivity index (χ2v) is 8.06. The first-order chi connectivity index (χ1) is 10.5. The Kier molecular flexibility index (Phi) is 4.45. The number of carbonyl (C=O) groups excluding carboxylic acids is 1. The molecule has 0 aromatic heterocycles. The van der Waals surface area contributed by atoms with Gasteiger partial charge in [0, 0.05) is 11.7 Å². The van der Waals surface area contributed by atoms with Gasteiger partial charge in [0.2, 0.25) is 5.91 Å². The Morgan fingerprint density at radius 1 is 1.09 bits per heavy atom. The van der Waals surface area contributed by atoms with Crippen molar-refractivity contribution in [3.05, 3.63) is 29.8 Å². The monoisotopic (exact) mass is 334 g/mol. The molecule has 0 spiro atoms. The number of amides is 1. The molecule has 0 radical (unpaired) electrons. The van der Waals surface area contributed by atoms with E-state index in [1.165, 1.54) is 19.3 Å². The minimum absolute atomic E-state index is 0. The third-order valence-electron chi connectivity index (χ3n) is 6.21. The maximum Gasteiger partial charge on any atom is 0.230 e. The summed E-state index contributed by atoms with van der Waals surface area (Å²) in [6, 6.07) is 8.03. The van der Waals surface area contributed by atoms with Crippen molar-refractivity contribution >= 4 is 24.0 Å². The summed E-state index contributed by atoms with van der Waals surface area (Å²) >= 11 is 0. The van der Waals surface area contributed by atoms with E-state index in [1.54, 1.807) is 0 Å². The standard InChI is InChI=1S/C19H26N2O.ClH/c1-12(20)16-2-4-17(5-3-16)21-18(22)19-9-13-6-14(10-19)8-15(7-13)11-19;/h2-5,12-15H,6-11,20H2,1H3,(H,21,22);1H. The number of nitrogens with one attached hydrogen (secondary N) is 1. The van der Waals surface area contributed by atoms with Gasteiger partial charge in [-0.15, -0.1) is 12.4 Å². The number of rotatable bonds is 3. The SMILES string of the molecule is CC(N)c1ccc(NC(=O)C23CC4CC(CC(C4)C2)C3)cc1.Cl. The van der Waals surface area contributed by atoms with Gasteiger partial charge in [-0.3, -0.25) is 4.79 Å². The fourth-order valence-corrected chi connectivity index (χ4v) is 5.52. The second kappa shape index (κ2) is 6.10. The molecular formula is C19H27ClN2O. The minimum Gasteiger partial charge on any atom is -0.326 e. The molecule has 1 amide bonds. The summed E-state index contributed by atoms with van der Waals surface area (Å²) in [7, 11) is 0. The predicted molar refractivity (Wildman–Crippen MR) is 95.5 cm³/mol. The van der Waals surface area contributed by atoms with Crippen LogP contribution in [0.2, 0.25) is 0 Å². The minimum atomic E-state index is -0.0748. The van der Waals surface area contributed by atoms with Crippen molar-refractivity contribution in [3.8, 4) is 0 Å². The number of hydrogen-bond donors (Lipinski definition) is 2. The van der Waals surface area contributed by atoms with Gasteiger partial charge in [-0.2, -0.15) is 0 Å². The van der Waals surface area contributed by atoms with Gasteiger partial charge in [-0.25, -0.2) is 0 Å². The lowest BCUT2D eigenvalue weighted by Crippen LogP contribution is -2.51. The van der Waals surface area contributed by atoms with E-state index in [0.717, 1.165) is 48.3 Å². The Labute approximate surface area is 144 Å². The molecule has 4 saturated carbocycles. The van der Waals surface area contributed by atoms with Crippen LogP contribution in [0.3, 0.4) is 0 Å². The van der Waals surface area contributed by atoms with Crippen LogP contribution in [0.5, 0.6) is 0 Å². The molecular weight excluding hydrogens is 308 g/mol. The first-order valence-electron chi connectivity index (χ1n) is 8.71. The first kappa shape index (κ1) is 16.8. The lowest BCUT2D eigenvalue weighted by Gasteiger charge is -2.55. The summed E-state index contributed by atoms with van der Waals surface area (Å²) in [4.78, 5) is 12.9. The molecule has 23 heavy (non-hydrogen) atoms. The highest BCUT2D eigenvalue weighted by Crippen LogP contribution is 2.60. The van der Waals surface area contributed by atoms with Gasteiger partial charge >= 0.3 is 0 Å². The summed E-state index contributed by atoms with van der Waals surface area (Å²) in [5, 5.41) is 3.19. The fraction of sp³-hybridized carbons (Fsp3) is 0.632. The Hall–Kier alpha value is -1.06. The molecule has 1 atom stereocenters. The van der Waals surface area contributed by atoms with Gasteiger partial charge in [0.1, 0.15) is 0 Å². The largest absolute Gasteiger partial charge is 0.326 e. The zero-order valence-electron chi connectivity index (χ0n) is 13.8. The topological polar surface area (TPSA) is 55.1 Å². The molecule has 4 heteroatoms. The molecule has 0 heterocycles. The van der Waals surface area contributed by atoms with Gasteiger partial charge in [0.05, 0.1) is 5.41 Å². The van der Waals surface area contributed by atoms with Crippen LogP contribution in [-0.2, 0) is 4.79 Å². The number of benzene rings is 1. The summed E-state index contributed by atoms with van der Waals surface area (Å²) in [5.74, 6) is 2.67. The highest BCUT2D eigenvalue weighted by Gasteiger charge is 2.54. The molecule has 3 nitrogen and oxygen atoms in total. The Morgan fingerprint density at radius 2 is 1.57 bits per heavy atom. The van der Waals surface area contributed by atoms with E-state index < -0.39 is 0 Å². The van der Waals surface area contributed by atoms with Crippen LogP contribution in [0.25, 0.3) is 0 Å². The van der Waals surface area contributed by atoms with E-state index in [4.69, 9.17) is 5.73 Å². The van der Waals surface area contributed by atoms with Crippen LogP contribution in [0, 0.1) is 23.2 Å². The third kappa shape index (κ3) is 3.01. The van der Waals surface area contributed by atoms with E-state index >= 15 is 0 Å². The van der Waals surface area contributed by atoms with Crippen molar-refractivity contribution in [2.24, 2.45) is 28.9 Å². The maximum atomic E-state index is 12.9. The number of nitrogens with two attached hydrogens (primary N) is 1. The molecule has 4 aliphatic rings. The van der Waals surface area contributed by atoms with E-state index in [2.05, 4.69) is 5.32 Å². The quantitative estimate of drug-likeness (QED) is 0.866. The molecule has 4 bridgehead atoms. The predicted octanol–water partition coefficient (Wildman–Crippen LogP) is 4.28. The molecule has 126 valence electrons. The average Bonchev–Trinajstić information content (AvgIpc) is 2.46. The Bertz CT molecular complexity index is 546. The van der Waals surface area contributed by atoms with Crippen molar-refractivity contribution in [2.45, 2.75) is 51.5 Å². The molecule has 5 rings (SSSR count). The van der Waals surface area contributed by atoms with Gasteiger partial charge in [-0.05, 0) is 80.9 Å². The van der Waals surface area contributed by atoms with Crippen LogP contribution in [0.4, 0.5) is 5.69 Å². The highest BCUT2D eigenvalue weighted by atomic mass is 35.5. The summed E-state index contributed by atoms with van der Waals surface area (Å²) in [5.41, 5.74) is 7.82. The first-order valence-corrected chi connectivity index (χ1v) is 8.71. The lowest BCUT2D eigenvalue weighted by atomic mass is 9.49. The number of halogens is 1. The van der Waals surface area contributed by atoms with E-state index in [9.17, 15) is 4.79 Å². The van der Waals surface area contributed by atoms with Gasteiger partial charge in [0.15, 0.2) is 0 Å². The van der Waals surface area contributed by atoms with Crippen LogP contribution in [0.1, 0.15) is 57.1 Å². The number of hydrogen-bond acceptors (Lipinski definition) is 2. The number of anilines is 1. The highest BCUT2D eigenvalue weighted by molar-refractivity contribution is 5.95. The van der Waals surface area contributed by atoms with E-state index in [-0.39, 0.29) is 29.8 Å². The van der Waals surface area contributed by atoms with E-state index in [1.807, 2.05) is 31.2 Å². The summed E-state index contributed by atoms with van der Waals surface area (Å²) < 4.78 is 0. The smallest absolute Gasteiger partial charge is 0.230 e. The second-order valence-electron chi connectivity index (χ2n) is 8.06. The van der Waals surface area contributed by atoms with Crippen LogP contribution >= 0.6 is 12.4 Å². The van der Waals surface area contributed by atoms with Gasteiger partial charge < -0.3 is 11.1 Å². The Morgan fingerprint density at radius 3 is 2.00 bits per heavy atom. The zero-order valence-corrected chi connectivity index (χ0v) is 14.6. The van der Waals surface area contributed by atoms with Crippen molar-refractivity contribution in [3.63, 3.8) is 0 Å². The zero-order chi connectivity index (χ0) is 15.3. The third-order valence-corrected chi connectivity index (χ3v) is 6.21. The normalized spacial score (nSPS) is 35.5. The van der Waals surface area contributed by atoms with Gasteiger partial charge in [0.25, 0.3) is 0 Å². The van der Waals surface area contributed by atoms with Crippen LogP contribution < -0.4 is 11.1 Å². The van der Waals surface area contributed by atoms with Crippen LogP contribution in [0.15, 0.2) is 24.3 Å². The maximum absolute atomic E-state index is 12.9. The fourth-order valence-electron chi connectivity index (χ4n) is 5.52. The molecule has 1 aromatic rings. The summed E-state index contributed by atoms with van der Waals surface area (Å²) in [6.07, 6.45) is 7.45. The molecule has 0 saturated heterocycles. The van der Waals surface area contributed by atoms with Crippen molar-refractivity contribution in [1.82, 2.24) is 0 Å². The number of carbonyl (C=O) groups is 1. The van der Waals surface area contributed by atoms with Crippen molar-refractivity contribution < 1.29 is 4.79 Å². The van der Waals surface area contributed by atoms with Crippen molar-refractivity contribution in [2.75, 3.05) is 5.32 Å². The molecule has 4 fully saturated rings. The molecule has 4 aliphatic carbocycles. The average molecular weight is 335 g/mol. The molecule has 3 N–H and O–H groups in total. The molecule has 1 aromatic carbocycles. The van der Waals surface area contributed by atoms with Crippen LogP contribution in [-0.4, -0.2) is 5.91 Å².